The molecule has 122 valence electrons. The van der Waals surface area contributed by atoms with Crippen LogP contribution >= 0.6 is 0 Å². The van der Waals surface area contributed by atoms with Crippen molar-refractivity contribution >= 4 is 16.0 Å². The Morgan fingerprint density at radius 3 is 2.57 bits per heavy atom. The molecular weight excluding hydrogens is 292 g/mol. The van der Waals surface area contributed by atoms with E-state index >= 15 is 0 Å². The van der Waals surface area contributed by atoms with Gasteiger partial charge in [-0.1, -0.05) is 6.42 Å². The predicted octanol–water partition coefficient (Wildman–Crippen LogP) is 0.730. The lowest BCUT2D eigenvalue weighted by Gasteiger charge is -2.26. The first kappa shape index (κ1) is 16.7. The van der Waals surface area contributed by atoms with Crippen molar-refractivity contribution in [1.29, 1.82) is 0 Å². The van der Waals surface area contributed by atoms with Crippen LogP contribution in [-0.2, 0) is 19.6 Å². The van der Waals surface area contributed by atoms with E-state index in [-0.39, 0.29) is 6.04 Å². The molecule has 0 aromatic rings. The molecule has 0 bridgehead atoms. The number of nitrogens with zero attached hydrogens (tertiary/aromatic N) is 1. The summed E-state index contributed by atoms with van der Waals surface area (Å²) in [5.74, 6) is -0.935. The molecule has 3 atom stereocenters. The van der Waals surface area contributed by atoms with E-state index in [1.54, 1.807) is 0 Å². The SMILES string of the molecule is COC(=O)C1CCCC1S(=O)(=O)NCC(C)N(C)C1CC1. The smallest absolute Gasteiger partial charge is 0.310 e. The number of hydrogen-bond acceptors (Lipinski definition) is 5. The van der Waals surface area contributed by atoms with Gasteiger partial charge in [0.1, 0.15) is 0 Å². The van der Waals surface area contributed by atoms with Crippen molar-refractivity contribution in [3.63, 3.8) is 0 Å². The van der Waals surface area contributed by atoms with Crippen molar-refractivity contribution < 1.29 is 17.9 Å². The summed E-state index contributed by atoms with van der Waals surface area (Å²) in [7, 11) is -0.135. The van der Waals surface area contributed by atoms with Crippen LogP contribution in [0.25, 0.3) is 0 Å². The molecule has 0 radical (unpaired) electrons. The Morgan fingerprint density at radius 1 is 1.33 bits per heavy atom. The molecule has 0 spiro atoms. The highest BCUT2D eigenvalue weighted by atomic mass is 32.2. The summed E-state index contributed by atoms with van der Waals surface area (Å²) >= 11 is 0. The maximum absolute atomic E-state index is 12.4. The van der Waals surface area contributed by atoms with Gasteiger partial charge in [0.15, 0.2) is 0 Å². The van der Waals surface area contributed by atoms with Crippen LogP contribution in [0, 0.1) is 5.92 Å². The van der Waals surface area contributed by atoms with E-state index in [4.69, 9.17) is 4.74 Å². The second kappa shape index (κ2) is 6.62. The number of esters is 1. The number of hydrogen-bond donors (Lipinski definition) is 1. The molecule has 0 aromatic heterocycles. The van der Waals surface area contributed by atoms with Crippen LogP contribution in [0.2, 0.25) is 0 Å². The summed E-state index contributed by atoms with van der Waals surface area (Å²) in [6.45, 7) is 2.41. The van der Waals surface area contributed by atoms with Crippen molar-refractivity contribution in [2.24, 2.45) is 5.92 Å². The van der Waals surface area contributed by atoms with E-state index in [9.17, 15) is 13.2 Å². The van der Waals surface area contributed by atoms with Crippen LogP contribution in [0.1, 0.15) is 39.0 Å². The van der Waals surface area contributed by atoms with Crippen molar-refractivity contribution in [3.05, 3.63) is 0 Å². The highest BCUT2D eigenvalue weighted by molar-refractivity contribution is 7.90. The Labute approximate surface area is 127 Å². The molecule has 0 aromatic carbocycles. The Balaban J connectivity index is 1.92. The van der Waals surface area contributed by atoms with Crippen molar-refractivity contribution in [3.8, 4) is 0 Å². The molecule has 21 heavy (non-hydrogen) atoms. The van der Waals surface area contributed by atoms with E-state index in [1.807, 2.05) is 14.0 Å². The van der Waals surface area contributed by atoms with Gasteiger partial charge >= 0.3 is 5.97 Å². The van der Waals surface area contributed by atoms with E-state index < -0.39 is 27.2 Å². The number of carbonyl (C=O) groups is 1. The van der Waals surface area contributed by atoms with E-state index in [1.165, 1.54) is 20.0 Å². The summed E-state index contributed by atoms with van der Waals surface area (Å²) in [5.41, 5.74) is 0. The quantitative estimate of drug-likeness (QED) is 0.700. The van der Waals surface area contributed by atoms with Crippen molar-refractivity contribution in [2.45, 2.75) is 56.4 Å². The number of likely N-dealkylation sites (N-methyl/N-ethyl adjacent to an activating group) is 1. The first-order valence-corrected chi connectivity index (χ1v) is 9.19. The molecule has 2 aliphatic rings. The minimum Gasteiger partial charge on any atom is -0.469 e. The molecule has 3 unspecified atom stereocenters. The zero-order chi connectivity index (χ0) is 15.6. The first-order chi connectivity index (χ1) is 9.86. The minimum atomic E-state index is -3.48. The highest BCUT2D eigenvalue weighted by Gasteiger charge is 2.42. The molecular formula is C14H26N2O4S. The molecule has 0 amide bonds. The number of nitrogens with one attached hydrogen (secondary N) is 1. The molecule has 0 heterocycles. The molecule has 2 fully saturated rings. The topological polar surface area (TPSA) is 75.7 Å². The fourth-order valence-electron chi connectivity index (χ4n) is 3.05. The fourth-order valence-corrected chi connectivity index (χ4v) is 4.89. The minimum absolute atomic E-state index is 0.158. The zero-order valence-electron chi connectivity index (χ0n) is 13.0. The van der Waals surface area contributed by atoms with Gasteiger partial charge in [0, 0.05) is 18.6 Å². The third-order valence-electron chi connectivity index (χ3n) is 4.75. The maximum atomic E-state index is 12.4. The van der Waals surface area contributed by atoms with E-state index in [2.05, 4.69) is 9.62 Å². The number of methoxy groups -OCH3 is 1. The Kier molecular flexibility index (Phi) is 5.27. The van der Waals surface area contributed by atoms with E-state index in [0.29, 0.717) is 25.4 Å². The van der Waals surface area contributed by atoms with Crippen LogP contribution in [-0.4, -0.2) is 57.3 Å². The lowest BCUT2D eigenvalue weighted by Crippen LogP contribution is -2.45. The average Bonchev–Trinajstić information content (AvgIpc) is 3.19. The van der Waals surface area contributed by atoms with Crippen LogP contribution in [0.3, 0.4) is 0 Å². The molecule has 0 saturated heterocycles. The Hall–Kier alpha value is -0.660. The second-order valence-corrected chi connectivity index (χ2v) is 8.22. The number of ether oxygens (including phenoxy) is 1. The first-order valence-electron chi connectivity index (χ1n) is 7.65. The number of rotatable bonds is 7. The Morgan fingerprint density at radius 2 is 2.00 bits per heavy atom. The highest BCUT2D eigenvalue weighted by Crippen LogP contribution is 2.32. The zero-order valence-corrected chi connectivity index (χ0v) is 13.9. The largest absolute Gasteiger partial charge is 0.469 e. The van der Waals surface area contributed by atoms with Gasteiger partial charge in [0.2, 0.25) is 10.0 Å². The van der Waals surface area contributed by atoms with Gasteiger partial charge in [0.25, 0.3) is 0 Å². The van der Waals surface area contributed by atoms with Gasteiger partial charge in [-0.3, -0.25) is 9.69 Å². The summed E-state index contributed by atoms with van der Waals surface area (Å²) in [5, 5.41) is -0.650. The van der Waals surface area contributed by atoms with Crippen LogP contribution in [0.15, 0.2) is 0 Å². The lowest BCUT2D eigenvalue weighted by molar-refractivity contribution is -0.145. The number of carbonyl (C=O) groups excluding carboxylic acids is 1. The lowest BCUT2D eigenvalue weighted by atomic mass is 10.1. The maximum Gasteiger partial charge on any atom is 0.310 e. The second-order valence-electron chi connectivity index (χ2n) is 6.24. The molecule has 1 N–H and O–H groups in total. The molecule has 6 nitrogen and oxygen atoms in total. The van der Waals surface area contributed by atoms with Gasteiger partial charge < -0.3 is 4.74 Å². The van der Waals surface area contributed by atoms with Gasteiger partial charge in [-0.25, -0.2) is 13.1 Å². The Bertz CT molecular complexity index is 475. The van der Waals surface area contributed by atoms with Crippen LogP contribution in [0.4, 0.5) is 0 Å². The average molecular weight is 318 g/mol. The van der Waals surface area contributed by atoms with Crippen molar-refractivity contribution in [2.75, 3.05) is 20.7 Å². The van der Waals surface area contributed by atoms with Crippen LogP contribution in [0.5, 0.6) is 0 Å². The summed E-state index contributed by atoms with van der Waals surface area (Å²) in [6, 6.07) is 0.754. The molecule has 2 rings (SSSR count). The summed E-state index contributed by atoms with van der Waals surface area (Å²) in [6.07, 6.45) is 4.27. The fraction of sp³-hybridized carbons (Fsp3) is 0.929. The van der Waals surface area contributed by atoms with Crippen LogP contribution < -0.4 is 4.72 Å². The molecule has 2 aliphatic carbocycles. The predicted molar refractivity (Wildman–Crippen MR) is 80.3 cm³/mol. The molecule has 7 heteroatoms. The monoisotopic (exact) mass is 318 g/mol. The third kappa shape index (κ3) is 3.96. The van der Waals surface area contributed by atoms with Gasteiger partial charge in [-0.15, -0.1) is 0 Å². The molecule has 0 aliphatic heterocycles. The van der Waals surface area contributed by atoms with Gasteiger partial charge in [-0.05, 0) is 39.7 Å². The summed E-state index contributed by atoms with van der Waals surface area (Å²) in [4.78, 5) is 13.9. The van der Waals surface area contributed by atoms with E-state index in [0.717, 1.165) is 6.42 Å². The van der Waals surface area contributed by atoms with Crippen molar-refractivity contribution in [1.82, 2.24) is 9.62 Å². The normalized spacial score (nSPS) is 27.8. The summed E-state index contributed by atoms with van der Waals surface area (Å²) < 4.78 is 32.3. The van der Waals surface area contributed by atoms with Gasteiger partial charge in [0.05, 0.1) is 18.3 Å². The molecule has 2 saturated carbocycles. The van der Waals surface area contributed by atoms with Gasteiger partial charge in [-0.2, -0.15) is 0 Å². The third-order valence-corrected chi connectivity index (χ3v) is 6.68. The standard InChI is InChI=1S/C14H26N2O4S/c1-10(16(2)11-7-8-11)9-15-21(18,19)13-6-4-5-12(13)14(17)20-3/h10-13,15H,4-9H2,1-3H3. The number of sulfonamides is 1.